The maximum absolute atomic E-state index is 5.21. The van der Waals surface area contributed by atoms with Crippen LogP contribution >= 0.6 is 0 Å². The molecule has 0 aromatic heterocycles. The van der Waals surface area contributed by atoms with Crippen LogP contribution < -0.4 is 4.74 Å². The Morgan fingerprint density at radius 1 is 0.727 bits per heavy atom. The zero-order valence-electron chi connectivity index (χ0n) is 13.2. The minimum absolute atomic E-state index is 0.927. The van der Waals surface area contributed by atoms with Crippen molar-refractivity contribution in [2.24, 2.45) is 0 Å². The highest BCUT2D eigenvalue weighted by Gasteiger charge is 2.16. The van der Waals surface area contributed by atoms with Crippen LogP contribution in [0.1, 0.15) is 11.1 Å². The van der Waals surface area contributed by atoms with Crippen molar-refractivity contribution in [1.82, 2.24) is 9.80 Å². The molecule has 116 valence electrons. The second-order valence-corrected chi connectivity index (χ2v) is 5.89. The fourth-order valence-corrected chi connectivity index (χ4v) is 2.94. The number of ether oxygens (including phenoxy) is 1. The summed E-state index contributed by atoms with van der Waals surface area (Å²) in [5.74, 6) is 0.927. The van der Waals surface area contributed by atoms with Crippen molar-refractivity contribution in [3.8, 4) is 5.75 Å². The molecule has 1 fully saturated rings. The number of piperazine rings is 1. The van der Waals surface area contributed by atoms with Crippen LogP contribution in [0.15, 0.2) is 54.6 Å². The Labute approximate surface area is 133 Å². The summed E-state index contributed by atoms with van der Waals surface area (Å²) in [5, 5.41) is 0. The fraction of sp³-hybridized carbons (Fsp3) is 0.368. The molecule has 3 rings (SSSR count). The molecule has 0 saturated carbocycles. The van der Waals surface area contributed by atoms with Gasteiger partial charge in [0.25, 0.3) is 0 Å². The average Bonchev–Trinajstić information content (AvgIpc) is 2.58. The maximum atomic E-state index is 5.21. The van der Waals surface area contributed by atoms with Crippen molar-refractivity contribution in [3.05, 3.63) is 65.7 Å². The van der Waals surface area contributed by atoms with Crippen LogP contribution in [0.3, 0.4) is 0 Å². The summed E-state index contributed by atoms with van der Waals surface area (Å²) in [4.78, 5) is 5.07. The summed E-state index contributed by atoms with van der Waals surface area (Å²) < 4.78 is 5.21. The van der Waals surface area contributed by atoms with E-state index in [1.165, 1.54) is 11.1 Å². The SMILES string of the molecule is COc1ccc(CN2CCN(Cc3ccccc3)CC2)cc1. The van der Waals surface area contributed by atoms with Crippen molar-refractivity contribution in [2.75, 3.05) is 33.3 Å². The van der Waals surface area contributed by atoms with E-state index < -0.39 is 0 Å². The molecule has 0 amide bonds. The molecule has 22 heavy (non-hydrogen) atoms. The van der Waals surface area contributed by atoms with Crippen LogP contribution in [-0.4, -0.2) is 43.1 Å². The summed E-state index contributed by atoms with van der Waals surface area (Å²) in [6.45, 7) is 6.66. The van der Waals surface area contributed by atoms with Gasteiger partial charge in [0.2, 0.25) is 0 Å². The lowest BCUT2D eigenvalue weighted by atomic mass is 10.1. The highest BCUT2D eigenvalue weighted by Crippen LogP contribution is 2.15. The van der Waals surface area contributed by atoms with Crippen LogP contribution in [-0.2, 0) is 13.1 Å². The summed E-state index contributed by atoms with van der Waals surface area (Å²) >= 11 is 0. The smallest absolute Gasteiger partial charge is 0.118 e. The third kappa shape index (κ3) is 4.09. The van der Waals surface area contributed by atoms with Crippen LogP contribution in [0.4, 0.5) is 0 Å². The van der Waals surface area contributed by atoms with E-state index in [1.54, 1.807) is 7.11 Å². The summed E-state index contributed by atoms with van der Waals surface area (Å²) in [6.07, 6.45) is 0. The molecule has 3 nitrogen and oxygen atoms in total. The maximum Gasteiger partial charge on any atom is 0.118 e. The molecule has 1 aliphatic heterocycles. The Morgan fingerprint density at radius 2 is 1.23 bits per heavy atom. The molecule has 0 spiro atoms. The molecule has 0 radical (unpaired) electrons. The fourth-order valence-electron chi connectivity index (χ4n) is 2.94. The number of nitrogens with zero attached hydrogens (tertiary/aromatic N) is 2. The molecule has 0 aliphatic carbocycles. The zero-order chi connectivity index (χ0) is 15.2. The number of benzene rings is 2. The van der Waals surface area contributed by atoms with Gasteiger partial charge in [-0.05, 0) is 23.3 Å². The Morgan fingerprint density at radius 3 is 1.73 bits per heavy atom. The van der Waals surface area contributed by atoms with Crippen molar-refractivity contribution in [1.29, 1.82) is 0 Å². The van der Waals surface area contributed by atoms with Gasteiger partial charge in [-0.15, -0.1) is 0 Å². The van der Waals surface area contributed by atoms with E-state index in [0.717, 1.165) is 45.0 Å². The molecule has 1 heterocycles. The molecule has 2 aromatic carbocycles. The predicted molar refractivity (Wildman–Crippen MR) is 90.0 cm³/mol. The van der Waals surface area contributed by atoms with Gasteiger partial charge in [-0.3, -0.25) is 9.80 Å². The lowest BCUT2D eigenvalue weighted by molar-refractivity contribution is 0.122. The lowest BCUT2D eigenvalue weighted by Gasteiger charge is -2.34. The first-order chi connectivity index (χ1) is 10.8. The molecule has 0 N–H and O–H groups in total. The minimum atomic E-state index is 0.927. The van der Waals surface area contributed by atoms with Gasteiger partial charge in [-0.1, -0.05) is 42.5 Å². The first-order valence-electron chi connectivity index (χ1n) is 7.95. The summed E-state index contributed by atoms with van der Waals surface area (Å²) in [5.41, 5.74) is 2.77. The van der Waals surface area contributed by atoms with E-state index in [2.05, 4.69) is 52.3 Å². The van der Waals surface area contributed by atoms with Gasteiger partial charge in [0.15, 0.2) is 0 Å². The minimum Gasteiger partial charge on any atom is -0.497 e. The third-order valence-corrected chi connectivity index (χ3v) is 4.28. The van der Waals surface area contributed by atoms with Gasteiger partial charge in [-0.25, -0.2) is 0 Å². The highest BCUT2D eigenvalue weighted by atomic mass is 16.5. The quantitative estimate of drug-likeness (QED) is 0.843. The Bertz CT molecular complexity index is 560. The van der Waals surface area contributed by atoms with Gasteiger partial charge in [0.05, 0.1) is 7.11 Å². The van der Waals surface area contributed by atoms with Crippen LogP contribution in [0.25, 0.3) is 0 Å². The first kappa shape index (κ1) is 15.1. The monoisotopic (exact) mass is 296 g/mol. The molecule has 3 heteroatoms. The molecule has 1 saturated heterocycles. The van der Waals surface area contributed by atoms with Crippen LogP contribution in [0.2, 0.25) is 0 Å². The molecular formula is C19H24N2O. The lowest BCUT2D eigenvalue weighted by Crippen LogP contribution is -2.45. The highest BCUT2D eigenvalue weighted by molar-refractivity contribution is 5.27. The normalized spacial score (nSPS) is 16.6. The second-order valence-electron chi connectivity index (χ2n) is 5.89. The van der Waals surface area contributed by atoms with E-state index in [9.17, 15) is 0 Å². The largest absolute Gasteiger partial charge is 0.497 e. The number of hydrogen-bond donors (Lipinski definition) is 0. The van der Waals surface area contributed by atoms with Crippen molar-refractivity contribution in [3.63, 3.8) is 0 Å². The number of hydrogen-bond acceptors (Lipinski definition) is 3. The zero-order valence-corrected chi connectivity index (χ0v) is 13.2. The van der Waals surface area contributed by atoms with Crippen LogP contribution in [0, 0.1) is 0 Å². The Hall–Kier alpha value is -1.84. The van der Waals surface area contributed by atoms with Gasteiger partial charge in [0, 0.05) is 39.3 Å². The molecule has 0 bridgehead atoms. The van der Waals surface area contributed by atoms with E-state index in [0.29, 0.717) is 0 Å². The molecule has 0 unspecified atom stereocenters. The first-order valence-corrected chi connectivity index (χ1v) is 7.95. The standard InChI is InChI=1S/C19H24N2O/c1-22-19-9-7-18(8-10-19)16-21-13-11-20(12-14-21)15-17-5-3-2-4-6-17/h2-10H,11-16H2,1H3. The van der Waals surface area contributed by atoms with E-state index in [1.807, 2.05) is 12.1 Å². The van der Waals surface area contributed by atoms with Gasteiger partial charge < -0.3 is 4.74 Å². The van der Waals surface area contributed by atoms with Crippen molar-refractivity contribution >= 4 is 0 Å². The van der Waals surface area contributed by atoms with Gasteiger partial charge in [0.1, 0.15) is 5.75 Å². The predicted octanol–water partition coefficient (Wildman–Crippen LogP) is 3.01. The number of methoxy groups -OCH3 is 1. The van der Waals surface area contributed by atoms with Crippen molar-refractivity contribution < 1.29 is 4.74 Å². The van der Waals surface area contributed by atoms with E-state index in [-0.39, 0.29) is 0 Å². The molecular weight excluding hydrogens is 272 g/mol. The molecule has 2 aromatic rings. The second kappa shape index (κ2) is 7.43. The van der Waals surface area contributed by atoms with Gasteiger partial charge in [-0.2, -0.15) is 0 Å². The van der Waals surface area contributed by atoms with Crippen LogP contribution in [0.5, 0.6) is 5.75 Å². The van der Waals surface area contributed by atoms with E-state index >= 15 is 0 Å². The topological polar surface area (TPSA) is 15.7 Å². The molecule has 0 atom stereocenters. The average molecular weight is 296 g/mol. The summed E-state index contributed by atoms with van der Waals surface area (Å²) in [7, 11) is 1.71. The summed E-state index contributed by atoms with van der Waals surface area (Å²) in [6, 6.07) is 19.2. The van der Waals surface area contributed by atoms with Crippen molar-refractivity contribution in [2.45, 2.75) is 13.1 Å². The number of rotatable bonds is 5. The third-order valence-electron chi connectivity index (χ3n) is 4.28. The van der Waals surface area contributed by atoms with E-state index in [4.69, 9.17) is 4.74 Å². The molecule has 1 aliphatic rings. The Balaban J connectivity index is 1.47. The Kier molecular flexibility index (Phi) is 5.09. The van der Waals surface area contributed by atoms with Gasteiger partial charge >= 0.3 is 0 Å².